The number of rotatable bonds is 7. The Labute approximate surface area is 113 Å². The first-order chi connectivity index (χ1) is 7.87. The summed E-state index contributed by atoms with van der Waals surface area (Å²) in [6, 6.07) is 0. The van der Waals surface area contributed by atoms with Crippen molar-refractivity contribution in [3.8, 4) is 0 Å². The molecule has 0 radical (unpaired) electrons. The third kappa shape index (κ3) is 3.13. The molecule has 11 heteroatoms. The fourth-order valence-corrected chi connectivity index (χ4v) is 3.00. The van der Waals surface area contributed by atoms with Gasteiger partial charge in [-0.1, -0.05) is 0 Å². The Balaban J connectivity index is 5.64. The fraction of sp³-hybridized carbons (Fsp3) is 1.00. The third-order valence-corrected chi connectivity index (χ3v) is 4.52. The summed E-state index contributed by atoms with van der Waals surface area (Å²) >= 11 is -0.154. The van der Waals surface area contributed by atoms with Crippen LogP contribution in [-0.2, 0) is 13.6 Å². The van der Waals surface area contributed by atoms with Gasteiger partial charge in [-0.2, -0.15) is 26.3 Å². The van der Waals surface area contributed by atoms with Crippen LogP contribution in [0, 0.1) is 0 Å². The van der Waals surface area contributed by atoms with E-state index < -0.39 is 36.3 Å². The molecule has 0 heterocycles. The van der Waals surface area contributed by atoms with Gasteiger partial charge in [-0.3, -0.25) is 4.57 Å². The van der Waals surface area contributed by atoms with E-state index in [4.69, 9.17) is 0 Å². The molecule has 0 unspecified atom stereocenters. The van der Waals surface area contributed by atoms with Gasteiger partial charge in [0, 0.05) is 22.6 Å². The molecule has 3 nitrogen and oxygen atoms in total. The first kappa shape index (κ1) is 18.5. The second-order valence-electron chi connectivity index (χ2n) is 2.95. The zero-order valence-corrected chi connectivity index (χ0v) is 12.3. The maximum absolute atomic E-state index is 13.4. The number of halogens is 7. The van der Waals surface area contributed by atoms with Crippen molar-refractivity contribution in [1.82, 2.24) is 0 Å². The van der Waals surface area contributed by atoms with E-state index in [1.54, 1.807) is 0 Å². The zero-order chi connectivity index (χ0) is 14.8. The van der Waals surface area contributed by atoms with Crippen LogP contribution in [0.4, 0.5) is 26.3 Å². The van der Waals surface area contributed by atoms with Crippen LogP contribution in [-0.4, -0.2) is 28.7 Å². The molecule has 0 aliphatic heterocycles. The molecule has 0 bridgehead atoms. The highest BCUT2D eigenvalue weighted by molar-refractivity contribution is 14.1. The van der Waals surface area contributed by atoms with Gasteiger partial charge >= 0.3 is 23.1 Å². The molecule has 110 valence electrons. The molecule has 0 aromatic heterocycles. The predicted molar refractivity (Wildman–Crippen MR) is 59.7 cm³/mol. The minimum Gasteiger partial charge on any atom is -0.305 e. The van der Waals surface area contributed by atoms with E-state index in [-0.39, 0.29) is 22.6 Å². The van der Waals surface area contributed by atoms with E-state index in [9.17, 15) is 30.9 Å². The molecule has 0 amide bonds. The van der Waals surface area contributed by atoms with E-state index >= 15 is 0 Å². The van der Waals surface area contributed by atoms with Crippen LogP contribution in [0.2, 0.25) is 0 Å². The number of hydrogen-bond donors (Lipinski definition) is 0. The van der Waals surface area contributed by atoms with Crippen LogP contribution in [0.5, 0.6) is 0 Å². The second-order valence-corrected chi connectivity index (χ2v) is 6.37. The van der Waals surface area contributed by atoms with Crippen LogP contribution in [0.3, 0.4) is 0 Å². The Hall–Kier alpha value is 0.460. The first-order valence-electron chi connectivity index (χ1n) is 4.59. The van der Waals surface area contributed by atoms with Crippen molar-refractivity contribution >= 4 is 30.2 Å². The van der Waals surface area contributed by atoms with Crippen molar-refractivity contribution in [3.05, 3.63) is 0 Å². The van der Waals surface area contributed by atoms with Gasteiger partial charge < -0.3 is 9.05 Å². The molecule has 0 aromatic rings. The standard InChI is InChI=1S/C7H10F6IO3P/c1-3-16-18(15,17-4-2)7(12,13)5(8,9)6(10,11)14/h3-4H2,1-2H3. The molecule has 0 aliphatic carbocycles. The van der Waals surface area contributed by atoms with Gasteiger partial charge in [0.2, 0.25) is 0 Å². The highest BCUT2D eigenvalue weighted by Gasteiger charge is 2.79. The Kier molecular flexibility index (Phi) is 5.99. The SMILES string of the molecule is CCOP(=O)(OCC)C(F)(F)C(F)(F)C(F)(F)I. The van der Waals surface area contributed by atoms with Crippen molar-refractivity contribution in [2.75, 3.05) is 13.2 Å². The molecule has 0 N–H and O–H groups in total. The number of alkyl halides is 7. The summed E-state index contributed by atoms with van der Waals surface area (Å²) in [7, 11) is -5.71. The maximum atomic E-state index is 13.4. The molecule has 0 saturated carbocycles. The molecule has 0 atom stereocenters. The van der Waals surface area contributed by atoms with Crippen molar-refractivity contribution < 1.29 is 40.0 Å². The smallest absolute Gasteiger partial charge is 0.305 e. The highest BCUT2D eigenvalue weighted by atomic mass is 127. The molecular formula is C7H10F6IO3P. The average Bonchev–Trinajstić information content (AvgIpc) is 2.16. The van der Waals surface area contributed by atoms with E-state index in [0.29, 0.717) is 0 Å². The van der Waals surface area contributed by atoms with Crippen LogP contribution in [0.25, 0.3) is 0 Å². The average molecular weight is 414 g/mol. The summed E-state index contributed by atoms with van der Waals surface area (Å²) < 4.78 is 92.2. The van der Waals surface area contributed by atoms with Crippen LogP contribution >= 0.6 is 30.2 Å². The maximum Gasteiger partial charge on any atom is 0.414 e. The van der Waals surface area contributed by atoms with Crippen molar-refractivity contribution in [2.45, 2.75) is 29.4 Å². The van der Waals surface area contributed by atoms with Gasteiger partial charge in [-0.15, -0.1) is 0 Å². The molecule has 18 heavy (non-hydrogen) atoms. The van der Waals surface area contributed by atoms with Crippen molar-refractivity contribution in [3.63, 3.8) is 0 Å². The minimum atomic E-state index is -5.87. The predicted octanol–water partition coefficient (Wildman–Crippen LogP) is 4.51. The normalized spacial score (nSPS) is 14.9. The monoisotopic (exact) mass is 414 g/mol. The topological polar surface area (TPSA) is 35.5 Å². The summed E-state index contributed by atoms with van der Waals surface area (Å²) in [5.41, 5.74) is -5.64. The lowest BCUT2D eigenvalue weighted by Gasteiger charge is -2.33. The van der Waals surface area contributed by atoms with Crippen LogP contribution < -0.4 is 0 Å². The Morgan fingerprint density at radius 1 is 1.00 bits per heavy atom. The third-order valence-electron chi connectivity index (χ3n) is 1.68. The summed E-state index contributed by atoms with van der Waals surface area (Å²) in [4.78, 5) is 0. The Morgan fingerprint density at radius 3 is 1.56 bits per heavy atom. The summed E-state index contributed by atoms with van der Waals surface area (Å²) in [6.45, 7) is 0.857. The van der Waals surface area contributed by atoms with Gasteiger partial charge in [0.25, 0.3) is 0 Å². The zero-order valence-electron chi connectivity index (χ0n) is 9.23. The summed E-state index contributed by atoms with van der Waals surface area (Å²) in [6.07, 6.45) is 0. The molecule has 0 aliphatic rings. The minimum absolute atomic E-state index is 0.154. The van der Waals surface area contributed by atoms with Gasteiger partial charge in [0.1, 0.15) is 0 Å². The lowest BCUT2D eigenvalue weighted by molar-refractivity contribution is -0.241. The summed E-state index contributed by atoms with van der Waals surface area (Å²) in [5, 5.41) is 0. The second kappa shape index (κ2) is 5.84. The van der Waals surface area contributed by atoms with Gasteiger partial charge in [-0.05, 0) is 13.8 Å². The quantitative estimate of drug-likeness (QED) is 0.266. The summed E-state index contributed by atoms with van der Waals surface area (Å²) in [5.74, 6) is -5.87. The fourth-order valence-electron chi connectivity index (χ4n) is 0.882. The molecule has 0 aromatic carbocycles. The van der Waals surface area contributed by atoms with E-state index in [0.717, 1.165) is 13.8 Å². The molecule has 0 spiro atoms. The van der Waals surface area contributed by atoms with E-state index in [1.165, 1.54) is 0 Å². The van der Waals surface area contributed by atoms with Crippen molar-refractivity contribution in [1.29, 1.82) is 0 Å². The lowest BCUT2D eigenvalue weighted by atomic mass is 10.4. The lowest BCUT2D eigenvalue weighted by Crippen LogP contribution is -2.51. The van der Waals surface area contributed by atoms with E-state index in [1.807, 2.05) is 0 Å². The Bertz CT molecular complexity index is 322. The van der Waals surface area contributed by atoms with Gasteiger partial charge in [-0.25, -0.2) is 0 Å². The van der Waals surface area contributed by atoms with Crippen LogP contribution in [0.15, 0.2) is 0 Å². The van der Waals surface area contributed by atoms with Gasteiger partial charge in [0.05, 0.1) is 13.2 Å². The highest BCUT2D eigenvalue weighted by Crippen LogP contribution is 2.70. The number of hydrogen-bond acceptors (Lipinski definition) is 3. The molecule has 0 saturated heterocycles. The van der Waals surface area contributed by atoms with E-state index in [2.05, 4.69) is 9.05 Å². The van der Waals surface area contributed by atoms with Crippen molar-refractivity contribution in [2.24, 2.45) is 0 Å². The van der Waals surface area contributed by atoms with Crippen LogP contribution in [0.1, 0.15) is 13.8 Å². The largest absolute Gasteiger partial charge is 0.414 e. The molecule has 0 fully saturated rings. The Morgan fingerprint density at radius 2 is 1.33 bits per heavy atom. The molecule has 0 rings (SSSR count). The van der Waals surface area contributed by atoms with Gasteiger partial charge in [0.15, 0.2) is 0 Å². The molecular weight excluding hydrogens is 404 g/mol. The first-order valence-corrected chi connectivity index (χ1v) is 7.21.